The molecule has 3 unspecified atom stereocenters. The molecule has 0 aromatic carbocycles. The summed E-state index contributed by atoms with van der Waals surface area (Å²) in [5.74, 6) is 1.00. The van der Waals surface area contributed by atoms with Gasteiger partial charge >= 0.3 is 0 Å². The van der Waals surface area contributed by atoms with E-state index >= 15 is 0 Å². The molecule has 0 aromatic heterocycles. The van der Waals surface area contributed by atoms with Crippen molar-refractivity contribution >= 4 is 0 Å². The van der Waals surface area contributed by atoms with E-state index in [1.54, 1.807) is 0 Å². The Morgan fingerprint density at radius 2 is 1.94 bits per heavy atom. The van der Waals surface area contributed by atoms with E-state index in [2.05, 4.69) is 24.2 Å². The highest BCUT2D eigenvalue weighted by Gasteiger charge is 2.27. The summed E-state index contributed by atoms with van der Waals surface area (Å²) < 4.78 is 0. The van der Waals surface area contributed by atoms with E-state index in [-0.39, 0.29) is 0 Å². The summed E-state index contributed by atoms with van der Waals surface area (Å²) in [7, 11) is 2.13. The van der Waals surface area contributed by atoms with E-state index in [9.17, 15) is 0 Å². The molecule has 0 radical (unpaired) electrons. The Morgan fingerprint density at radius 3 is 2.71 bits per heavy atom. The summed E-state index contributed by atoms with van der Waals surface area (Å²) in [5.41, 5.74) is 0. The molecule has 2 aliphatic rings. The summed E-state index contributed by atoms with van der Waals surface area (Å²) in [5, 5.41) is 3.48. The van der Waals surface area contributed by atoms with Crippen LogP contribution >= 0.6 is 0 Å². The highest BCUT2D eigenvalue weighted by molar-refractivity contribution is 4.84. The minimum Gasteiger partial charge on any atom is -0.317 e. The number of hydrogen-bond donors (Lipinski definition) is 1. The van der Waals surface area contributed by atoms with Gasteiger partial charge in [-0.15, -0.1) is 0 Å². The molecule has 1 saturated carbocycles. The third-order valence-corrected chi connectivity index (χ3v) is 5.03. The van der Waals surface area contributed by atoms with E-state index in [0.717, 1.165) is 18.0 Å². The van der Waals surface area contributed by atoms with Gasteiger partial charge in [0.15, 0.2) is 0 Å². The van der Waals surface area contributed by atoms with Gasteiger partial charge in [-0.25, -0.2) is 0 Å². The van der Waals surface area contributed by atoms with Gasteiger partial charge < -0.3 is 10.2 Å². The lowest BCUT2D eigenvalue weighted by molar-refractivity contribution is 0.144. The van der Waals surface area contributed by atoms with Crippen LogP contribution in [0.4, 0.5) is 0 Å². The van der Waals surface area contributed by atoms with Crippen LogP contribution in [0.15, 0.2) is 0 Å². The monoisotopic (exact) mass is 238 g/mol. The molecule has 17 heavy (non-hydrogen) atoms. The number of hydrogen-bond acceptors (Lipinski definition) is 2. The number of nitrogens with zero attached hydrogens (tertiary/aromatic N) is 1. The lowest BCUT2D eigenvalue weighted by Crippen LogP contribution is -2.44. The van der Waals surface area contributed by atoms with E-state index in [0.29, 0.717) is 0 Å². The van der Waals surface area contributed by atoms with Crippen molar-refractivity contribution in [1.82, 2.24) is 10.2 Å². The summed E-state index contributed by atoms with van der Waals surface area (Å²) in [6.07, 6.45) is 11.4. The molecule has 100 valence electrons. The lowest BCUT2D eigenvalue weighted by Gasteiger charge is -2.37. The smallest absolute Gasteiger partial charge is 0.0110 e. The fraction of sp³-hybridized carbons (Fsp3) is 1.00. The van der Waals surface area contributed by atoms with Gasteiger partial charge in [-0.3, -0.25) is 0 Å². The lowest BCUT2D eigenvalue weighted by atomic mass is 9.90. The number of nitrogens with one attached hydrogen (secondary N) is 1. The maximum absolute atomic E-state index is 3.48. The van der Waals surface area contributed by atoms with Crippen LogP contribution in [-0.2, 0) is 0 Å². The summed E-state index contributed by atoms with van der Waals surface area (Å²) >= 11 is 0. The van der Waals surface area contributed by atoms with Crippen molar-refractivity contribution in [2.45, 2.75) is 70.4 Å². The first-order valence-corrected chi connectivity index (χ1v) is 7.74. The van der Waals surface area contributed by atoms with Gasteiger partial charge in [0.2, 0.25) is 0 Å². The molecule has 2 heteroatoms. The molecule has 2 nitrogen and oxygen atoms in total. The van der Waals surface area contributed by atoms with Crippen molar-refractivity contribution in [3.8, 4) is 0 Å². The zero-order valence-electron chi connectivity index (χ0n) is 11.8. The quantitative estimate of drug-likeness (QED) is 0.813. The van der Waals surface area contributed by atoms with Gasteiger partial charge in [0.1, 0.15) is 0 Å². The highest BCUT2D eigenvalue weighted by atomic mass is 15.2. The minimum absolute atomic E-state index is 0.777. The molecule has 1 aliphatic carbocycles. The van der Waals surface area contributed by atoms with Crippen LogP contribution < -0.4 is 5.32 Å². The fourth-order valence-corrected chi connectivity index (χ4v) is 3.72. The molecule has 0 bridgehead atoms. The van der Waals surface area contributed by atoms with Crippen LogP contribution in [0.3, 0.4) is 0 Å². The highest BCUT2D eigenvalue weighted by Crippen LogP contribution is 2.27. The van der Waals surface area contributed by atoms with Gasteiger partial charge in [0.25, 0.3) is 0 Å². The van der Waals surface area contributed by atoms with E-state index in [1.165, 1.54) is 64.5 Å². The van der Waals surface area contributed by atoms with E-state index in [4.69, 9.17) is 0 Å². The third-order valence-electron chi connectivity index (χ3n) is 5.03. The first kappa shape index (κ1) is 13.4. The van der Waals surface area contributed by atoms with Crippen LogP contribution in [0.1, 0.15) is 58.3 Å². The summed E-state index contributed by atoms with van der Waals surface area (Å²) in [4.78, 5) is 2.80. The van der Waals surface area contributed by atoms with Crippen molar-refractivity contribution in [3.63, 3.8) is 0 Å². The van der Waals surface area contributed by atoms with E-state index < -0.39 is 0 Å². The zero-order valence-corrected chi connectivity index (χ0v) is 11.8. The van der Waals surface area contributed by atoms with Crippen molar-refractivity contribution in [2.24, 2.45) is 5.92 Å². The molecule has 1 heterocycles. The minimum atomic E-state index is 0.777. The van der Waals surface area contributed by atoms with Crippen LogP contribution in [-0.4, -0.2) is 37.1 Å². The largest absolute Gasteiger partial charge is 0.317 e. The molecule has 2 rings (SSSR count). The first-order chi connectivity index (χ1) is 8.33. The van der Waals surface area contributed by atoms with Crippen LogP contribution in [0.5, 0.6) is 0 Å². The van der Waals surface area contributed by atoms with Crippen LogP contribution in [0, 0.1) is 5.92 Å². The molecule has 1 N–H and O–H groups in total. The normalized spacial score (nSPS) is 36.7. The second kappa shape index (κ2) is 6.75. The molecule has 0 amide bonds. The SMILES string of the molecule is CCC1CCCN(C2CCCC(NC)C2)CC1. The average molecular weight is 238 g/mol. The molecule has 3 atom stereocenters. The number of rotatable bonds is 3. The molecule has 1 aliphatic heterocycles. The third kappa shape index (κ3) is 3.69. The second-order valence-corrected chi connectivity index (χ2v) is 6.05. The maximum atomic E-state index is 3.48. The Bertz CT molecular complexity index is 217. The Hall–Kier alpha value is -0.0800. The Morgan fingerprint density at radius 1 is 1.06 bits per heavy atom. The van der Waals surface area contributed by atoms with Gasteiger partial charge in [0, 0.05) is 12.1 Å². The molecule has 0 aromatic rings. The maximum Gasteiger partial charge on any atom is 0.0110 e. The van der Waals surface area contributed by atoms with Crippen molar-refractivity contribution in [1.29, 1.82) is 0 Å². The molecule has 0 spiro atoms. The predicted molar refractivity (Wildman–Crippen MR) is 74.3 cm³/mol. The van der Waals surface area contributed by atoms with Crippen molar-refractivity contribution in [2.75, 3.05) is 20.1 Å². The standard InChI is InChI=1S/C15H30N2/c1-3-13-6-5-10-17(11-9-13)15-8-4-7-14(12-15)16-2/h13-16H,3-12H2,1-2H3. The predicted octanol–water partition coefficient (Wildman–Crippen LogP) is 3.03. The van der Waals surface area contributed by atoms with Gasteiger partial charge in [-0.2, -0.15) is 0 Å². The van der Waals surface area contributed by atoms with Crippen molar-refractivity contribution in [3.05, 3.63) is 0 Å². The van der Waals surface area contributed by atoms with Crippen LogP contribution in [0.2, 0.25) is 0 Å². The topological polar surface area (TPSA) is 15.3 Å². The Balaban J connectivity index is 1.84. The van der Waals surface area contributed by atoms with Gasteiger partial charge in [0.05, 0.1) is 0 Å². The first-order valence-electron chi connectivity index (χ1n) is 7.74. The average Bonchev–Trinajstić information content (AvgIpc) is 2.64. The van der Waals surface area contributed by atoms with Gasteiger partial charge in [-0.05, 0) is 64.6 Å². The zero-order chi connectivity index (χ0) is 12.1. The van der Waals surface area contributed by atoms with Crippen LogP contribution in [0.25, 0.3) is 0 Å². The molecule has 1 saturated heterocycles. The molecular weight excluding hydrogens is 208 g/mol. The summed E-state index contributed by atoms with van der Waals surface area (Å²) in [6, 6.07) is 1.65. The summed E-state index contributed by atoms with van der Waals surface area (Å²) in [6.45, 7) is 5.08. The van der Waals surface area contributed by atoms with E-state index in [1.807, 2.05) is 0 Å². The fourth-order valence-electron chi connectivity index (χ4n) is 3.72. The molecule has 2 fully saturated rings. The Labute approximate surface area is 107 Å². The number of likely N-dealkylation sites (tertiary alicyclic amines) is 1. The second-order valence-electron chi connectivity index (χ2n) is 6.05. The Kier molecular flexibility index (Phi) is 5.30. The molecular formula is C15H30N2. The van der Waals surface area contributed by atoms with Crippen molar-refractivity contribution < 1.29 is 0 Å². The van der Waals surface area contributed by atoms with Gasteiger partial charge in [-0.1, -0.05) is 19.8 Å².